The van der Waals surface area contributed by atoms with E-state index >= 15 is 0 Å². The van der Waals surface area contributed by atoms with Crippen LogP contribution >= 0.6 is 0 Å². The molecule has 1 rings (SSSR count). The summed E-state index contributed by atoms with van der Waals surface area (Å²) in [4.78, 5) is 11.3. The number of rotatable bonds is 4. The minimum atomic E-state index is -0.172. The molecule has 2 nitrogen and oxygen atoms in total. The number of esters is 1. The van der Waals surface area contributed by atoms with Crippen molar-refractivity contribution in [3.63, 3.8) is 0 Å². The molecule has 0 aliphatic heterocycles. The van der Waals surface area contributed by atoms with Crippen LogP contribution in [0.25, 0.3) is 5.57 Å². The number of carbonyl (C=O) groups is 1. The fraction of sp³-hybridized carbons (Fsp3) is 0.308. The Bertz CT molecular complexity index is 339. The van der Waals surface area contributed by atoms with Crippen LogP contribution < -0.4 is 0 Å². The first-order valence-corrected chi connectivity index (χ1v) is 5.14. The van der Waals surface area contributed by atoms with Gasteiger partial charge in [0.1, 0.15) is 0 Å². The molecule has 0 heterocycles. The Labute approximate surface area is 90.6 Å². The monoisotopic (exact) mass is 204 g/mol. The summed E-state index contributed by atoms with van der Waals surface area (Å²) >= 11 is 0. The van der Waals surface area contributed by atoms with Crippen molar-refractivity contribution in [2.24, 2.45) is 0 Å². The van der Waals surface area contributed by atoms with Gasteiger partial charge in [-0.3, -0.25) is 4.79 Å². The Hall–Kier alpha value is -1.57. The summed E-state index contributed by atoms with van der Waals surface area (Å²) in [7, 11) is 0. The van der Waals surface area contributed by atoms with E-state index in [1.165, 1.54) is 0 Å². The van der Waals surface area contributed by atoms with Crippen LogP contribution in [0.3, 0.4) is 0 Å². The Morgan fingerprint density at radius 1 is 1.33 bits per heavy atom. The summed E-state index contributed by atoms with van der Waals surface area (Å²) in [5, 5.41) is 0. The van der Waals surface area contributed by atoms with Crippen LogP contribution in [0.15, 0.2) is 36.4 Å². The van der Waals surface area contributed by atoms with Gasteiger partial charge in [0.25, 0.3) is 0 Å². The van der Waals surface area contributed by atoms with Crippen molar-refractivity contribution < 1.29 is 9.53 Å². The molecule has 15 heavy (non-hydrogen) atoms. The van der Waals surface area contributed by atoms with Gasteiger partial charge < -0.3 is 4.74 Å². The third kappa shape index (κ3) is 3.58. The largest absolute Gasteiger partial charge is 0.466 e. The second kappa shape index (κ2) is 6.02. The molecule has 0 N–H and O–H groups in total. The Kier molecular flexibility index (Phi) is 4.61. The van der Waals surface area contributed by atoms with Crippen molar-refractivity contribution in [1.29, 1.82) is 0 Å². The first-order valence-electron chi connectivity index (χ1n) is 5.14. The summed E-state index contributed by atoms with van der Waals surface area (Å²) in [5.74, 6) is -0.172. The van der Waals surface area contributed by atoms with Crippen molar-refractivity contribution in [2.45, 2.75) is 20.3 Å². The Balaban J connectivity index is 2.70. The lowest BCUT2D eigenvalue weighted by Gasteiger charge is -2.06. The lowest BCUT2D eigenvalue weighted by atomic mass is 10.0. The van der Waals surface area contributed by atoms with Crippen LogP contribution in [-0.2, 0) is 9.53 Å². The van der Waals surface area contributed by atoms with E-state index in [-0.39, 0.29) is 5.97 Å². The molecule has 0 aliphatic carbocycles. The topological polar surface area (TPSA) is 26.3 Å². The summed E-state index contributed by atoms with van der Waals surface area (Å²) < 4.78 is 4.92. The summed E-state index contributed by atoms with van der Waals surface area (Å²) in [6.45, 7) is 4.18. The van der Waals surface area contributed by atoms with Gasteiger partial charge in [0.05, 0.1) is 13.0 Å². The maximum Gasteiger partial charge on any atom is 0.310 e. The lowest BCUT2D eigenvalue weighted by molar-refractivity contribution is -0.141. The van der Waals surface area contributed by atoms with Crippen molar-refractivity contribution >= 4 is 11.5 Å². The zero-order valence-corrected chi connectivity index (χ0v) is 9.19. The van der Waals surface area contributed by atoms with E-state index in [4.69, 9.17) is 4.74 Å². The van der Waals surface area contributed by atoms with Gasteiger partial charge in [-0.2, -0.15) is 0 Å². The number of allylic oxidation sites excluding steroid dienone is 1. The van der Waals surface area contributed by atoms with Gasteiger partial charge in [-0.15, -0.1) is 0 Å². The molecule has 0 unspecified atom stereocenters. The molecule has 80 valence electrons. The highest BCUT2D eigenvalue weighted by Crippen LogP contribution is 2.18. The molecule has 0 amide bonds. The van der Waals surface area contributed by atoms with E-state index in [1.807, 2.05) is 50.3 Å². The molecule has 0 aromatic heterocycles. The molecule has 0 radical (unpaired) electrons. The lowest BCUT2D eigenvalue weighted by Crippen LogP contribution is -2.04. The van der Waals surface area contributed by atoms with Crippen LogP contribution in [0, 0.1) is 0 Å². The standard InChI is InChI=1S/C13H16O2/c1-3-11(10-13(14)15-4-2)12-8-6-5-7-9-12/h3,5-9H,4,10H2,1-2H3/b11-3-. The van der Waals surface area contributed by atoms with E-state index in [2.05, 4.69) is 0 Å². The zero-order valence-electron chi connectivity index (χ0n) is 9.19. The van der Waals surface area contributed by atoms with E-state index in [1.54, 1.807) is 0 Å². The molecule has 2 heteroatoms. The fourth-order valence-corrected chi connectivity index (χ4v) is 1.39. The molecular formula is C13H16O2. The van der Waals surface area contributed by atoms with Gasteiger partial charge in [0.2, 0.25) is 0 Å². The fourth-order valence-electron chi connectivity index (χ4n) is 1.39. The van der Waals surface area contributed by atoms with Crippen molar-refractivity contribution in [1.82, 2.24) is 0 Å². The first kappa shape index (κ1) is 11.5. The predicted molar refractivity (Wildman–Crippen MR) is 61.3 cm³/mol. The minimum absolute atomic E-state index is 0.172. The first-order chi connectivity index (χ1) is 7.27. The molecule has 0 aliphatic rings. The maximum atomic E-state index is 11.3. The second-order valence-electron chi connectivity index (χ2n) is 3.16. The average Bonchev–Trinajstić information content (AvgIpc) is 2.27. The number of carbonyl (C=O) groups excluding carboxylic acids is 1. The van der Waals surface area contributed by atoms with Gasteiger partial charge in [-0.1, -0.05) is 36.4 Å². The van der Waals surface area contributed by atoms with Gasteiger partial charge in [-0.25, -0.2) is 0 Å². The molecule has 1 aromatic carbocycles. The number of benzene rings is 1. The van der Waals surface area contributed by atoms with Gasteiger partial charge in [0.15, 0.2) is 0 Å². The van der Waals surface area contributed by atoms with E-state index < -0.39 is 0 Å². The van der Waals surface area contributed by atoms with Crippen LogP contribution in [-0.4, -0.2) is 12.6 Å². The molecular weight excluding hydrogens is 188 g/mol. The molecule has 0 atom stereocenters. The number of hydrogen-bond donors (Lipinski definition) is 0. The second-order valence-corrected chi connectivity index (χ2v) is 3.16. The molecule has 0 saturated carbocycles. The Morgan fingerprint density at radius 3 is 2.53 bits per heavy atom. The maximum absolute atomic E-state index is 11.3. The molecule has 0 saturated heterocycles. The average molecular weight is 204 g/mol. The van der Waals surface area contributed by atoms with Crippen LogP contribution in [0.1, 0.15) is 25.8 Å². The summed E-state index contributed by atoms with van der Waals surface area (Å²) in [6, 6.07) is 9.87. The number of ether oxygens (including phenoxy) is 1. The van der Waals surface area contributed by atoms with Crippen molar-refractivity contribution in [3.05, 3.63) is 42.0 Å². The molecule has 0 bridgehead atoms. The molecule has 1 aromatic rings. The third-order valence-electron chi connectivity index (χ3n) is 2.13. The molecule has 0 spiro atoms. The van der Waals surface area contributed by atoms with Crippen LogP contribution in [0.5, 0.6) is 0 Å². The SMILES string of the molecule is C/C=C(/CC(=O)OCC)c1ccccc1. The van der Waals surface area contributed by atoms with E-state index in [0.29, 0.717) is 13.0 Å². The minimum Gasteiger partial charge on any atom is -0.466 e. The number of hydrogen-bond acceptors (Lipinski definition) is 2. The highest BCUT2D eigenvalue weighted by Gasteiger charge is 2.07. The smallest absolute Gasteiger partial charge is 0.310 e. The molecule has 0 fully saturated rings. The highest BCUT2D eigenvalue weighted by atomic mass is 16.5. The Morgan fingerprint density at radius 2 is 2.00 bits per heavy atom. The van der Waals surface area contributed by atoms with E-state index in [0.717, 1.165) is 11.1 Å². The zero-order chi connectivity index (χ0) is 11.1. The van der Waals surface area contributed by atoms with Crippen molar-refractivity contribution in [2.75, 3.05) is 6.61 Å². The summed E-state index contributed by atoms with van der Waals surface area (Å²) in [6.07, 6.45) is 2.29. The van der Waals surface area contributed by atoms with Gasteiger partial charge in [-0.05, 0) is 25.0 Å². The predicted octanol–water partition coefficient (Wildman–Crippen LogP) is 3.04. The highest BCUT2D eigenvalue weighted by molar-refractivity contribution is 5.85. The van der Waals surface area contributed by atoms with Crippen LogP contribution in [0.4, 0.5) is 0 Å². The van der Waals surface area contributed by atoms with Crippen molar-refractivity contribution in [3.8, 4) is 0 Å². The summed E-state index contributed by atoms with van der Waals surface area (Å²) in [5.41, 5.74) is 2.09. The van der Waals surface area contributed by atoms with Gasteiger partial charge >= 0.3 is 5.97 Å². The van der Waals surface area contributed by atoms with Crippen LogP contribution in [0.2, 0.25) is 0 Å². The normalized spacial score (nSPS) is 11.2. The van der Waals surface area contributed by atoms with Gasteiger partial charge in [0, 0.05) is 0 Å². The van der Waals surface area contributed by atoms with E-state index in [9.17, 15) is 4.79 Å². The quantitative estimate of drug-likeness (QED) is 0.704. The third-order valence-corrected chi connectivity index (χ3v) is 2.13.